The molecule has 4 nitrogen and oxygen atoms in total. The Morgan fingerprint density at radius 2 is 2.27 bits per heavy atom. The first kappa shape index (κ1) is 11.1. The summed E-state index contributed by atoms with van der Waals surface area (Å²) >= 11 is 0. The van der Waals surface area contributed by atoms with Crippen molar-refractivity contribution in [3.63, 3.8) is 0 Å². The number of nitrogens with zero attached hydrogens (tertiary/aromatic N) is 1. The van der Waals surface area contributed by atoms with Crippen LogP contribution in [0.2, 0.25) is 0 Å². The molecule has 0 radical (unpaired) electrons. The first-order valence-electron chi connectivity index (χ1n) is 4.64. The second-order valence-electron chi connectivity index (χ2n) is 3.24. The minimum atomic E-state index is -0.822. The van der Waals surface area contributed by atoms with Crippen molar-refractivity contribution >= 4 is 11.7 Å². The van der Waals surface area contributed by atoms with Gasteiger partial charge in [0.05, 0.1) is 5.56 Å². The molecule has 0 aromatic heterocycles. The third-order valence-electron chi connectivity index (χ3n) is 2.13. The van der Waals surface area contributed by atoms with Gasteiger partial charge in [0.1, 0.15) is 6.07 Å². The van der Waals surface area contributed by atoms with E-state index in [1.54, 1.807) is 18.2 Å². The Balaban J connectivity index is 2.73. The maximum Gasteiger partial charge on any atom is 0.303 e. The molecule has 1 aromatic carbocycles. The number of hydrogen-bond acceptors (Lipinski definition) is 3. The molecule has 1 aromatic rings. The highest BCUT2D eigenvalue weighted by Gasteiger charge is 2.06. The van der Waals surface area contributed by atoms with Crippen LogP contribution in [-0.2, 0) is 11.2 Å². The zero-order valence-electron chi connectivity index (χ0n) is 8.23. The Morgan fingerprint density at radius 1 is 1.53 bits per heavy atom. The third-order valence-corrected chi connectivity index (χ3v) is 2.13. The van der Waals surface area contributed by atoms with E-state index in [1.807, 2.05) is 6.07 Å². The molecule has 0 spiro atoms. The van der Waals surface area contributed by atoms with Crippen LogP contribution < -0.4 is 5.73 Å². The molecule has 0 saturated heterocycles. The van der Waals surface area contributed by atoms with Crippen molar-refractivity contribution in [3.8, 4) is 6.07 Å². The number of aryl methyl sites for hydroxylation is 1. The van der Waals surface area contributed by atoms with Gasteiger partial charge in [0, 0.05) is 12.1 Å². The fourth-order valence-corrected chi connectivity index (χ4v) is 1.39. The van der Waals surface area contributed by atoms with Crippen LogP contribution in [0, 0.1) is 11.3 Å². The van der Waals surface area contributed by atoms with Crippen LogP contribution in [-0.4, -0.2) is 11.1 Å². The average Bonchev–Trinajstić information content (AvgIpc) is 2.17. The van der Waals surface area contributed by atoms with Crippen molar-refractivity contribution in [1.29, 1.82) is 5.26 Å². The van der Waals surface area contributed by atoms with Gasteiger partial charge in [-0.15, -0.1) is 0 Å². The van der Waals surface area contributed by atoms with E-state index >= 15 is 0 Å². The smallest absolute Gasteiger partial charge is 0.303 e. The Labute approximate surface area is 87.9 Å². The van der Waals surface area contributed by atoms with Crippen LogP contribution in [0.25, 0.3) is 0 Å². The predicted molar refractivity (Wildman–Crippen MR) is 56.1 cm³/mol. The van der Waals surface area contributed by atoms with E-state index in [4.69, 9.17) is 16.1 Å². The van der Waals surface area contributed by atoms with E-state index < -0.39 is 5.97 Å². The van der Waals surface area contributed by atoms with E-state index in [2.05, 4.69) is 0 Å². The van der Waals surface area contributed by atoms with E-state index in [1.165, 1.54) is 0 Å². The average molecular weight is 204 g/mol. The summed E-state index contributed by atoms with van der Waals surface area (Å²) in [7, 11) is 0. The lowest BCUT2D eigenvalue weighted by Gasteiger charge is -2.04. The molecule has 0 amide bonds. The van der Waals surface area contributed by atoms with Gasteiger partial charge in [-0.25, -0.2) is 0 Å². The first-order chi connectivity index (χ1) is 7.15. The molecule has 0 saturated carbocycles. The van der Waals surface area contributed by atoms with Gasteiger partial charge in [0.25, 0.3) is 0 Å². The van der Waals surface area contributed by atoms with Gasteiger partial charge in [-0.05, 0) is 24.5 Å². The van der Waals surface area contributed by atoms with E-state index in [0.29, 0.717) is 24.1 Å². The maximum atomic E-state index is 10.3. The Hall–Kier alpha value is -2.02. The van der Waals surface area contributed by atoms with Crippen molar-refractivity contribution in [2.24, 2.45) is 0 Å². The largest absolute Gasteiger partial charge is 0.481 e. The summed E-state index contributed by atoms with van der Waals surface area (Å²) in [6.07, 6.45) is 1.20. The summed E-state index contributed by atoms with van der Waals surface area (Å²) in [6.45, 7) is 0. The SMILES string of the molecule is N#Cc1c(N)cccc1CCCC(=O)O. The second-order valence-corrected chi connectivity index (χ2v) is 3.24. The molecule has 0 atom stereocenters. The zero-order chi connectivity index (χ0) is 11.3. The molecule has 0 fully saturated rings. The van der Waals surface area contributed by atoms with Crippen molar-refractivity contribution < 1.29 is 9.90 Å². The predicted octanol–water partition coefficient (Wildman–Crippen LogP) is 1.55. The fraction of sp³-hybridized carbons (Fsp3) is 0.273. The molecule has 15 heavy (non-hydrogen) atoms. The minimum absolute atomic E-state index is 0.111. The number of nitrogen functional groups attached to an aromatic ring is 1. The van der Waals surface area contributed by atoms with Gasteiger partial charge >= 0.3 is 5.97 Å². The summed E-state index contributed by atoms with van der Waals surface area (Å²) in [5.74, 6) is -0.822. The number of aliphatic carboxylic acids is 1. The Kier molecular flexibility index (Phi) is 3.69. The molecule has 0 unspecified atom stereocenters. The lowest BCUT2D eigenvalue weighted by atomic mass is 10.0. The molecule has 0 aliphatic heterocycles. The fourth-order valence-electron chi connectivity index (χ4n) is 1.39. The van der Waals surface area contributed by atoms with Crippen molar-refractivity contribution in [1.82, 2.24) is 0 Å². The number of benzene rings is 1. The van der Waals surface area contributed by atoms with Gasteiger partial charge in [-0.3, -0.25) is 4.79 Å². The molecule has 3 N–H and O–H groups in total. The lowest BCUT2D eigenvalue weighted by Crippen LogP contribution is -1.99. The number of nitriles is 1. The van der Waals surface area contributed by atoms with Crippen molar-refractivity contribution in [2.75, 3.05) is 5.73 Å². The number of carboxylic acid groups (broad SMARTS) is 1. The number of nitrogens with two attached hydrogens (primary N) is 1. The normalized spacial score (nSPS) is 9.53. The topological polar surface area (TPSA) is 87.1 Å². The zero-order valence-corrected chi connectivity index (χ0v) is 8.23. The van der Waals surface area contributed by atoms with E-state index in [9.17, 15) is 4.79 Å². The highest BCUT2D eigenvalue weighted by Crippen LogP contribution is 2.17. The summed E-state index contributed by atoms with van der Waals surface area (Å²) in [4.78, 5) is 10.3. The van der Waals surface area contributed by atoms with Gasteiger partial charge in [0.15, 0.2) is 0 Å². The molecular weight excluding hydrogens is 192 g/mol. The van der Waals surface area contributed by atoms with E-state index in [-0.39, 0.29) is 6.42 Å². The van der Waals surface area contributed by atoms with Crippen LogP contribution in [0.1, 0.15) is 24.0 Å². The molecule has 78 valence electrons. The van der Waals surface area contributed by atoms with Crippen LogP contribution in [0.15, 0.2) is 18.2 Å². The second kappa shape index (κ2) is 5.01. The van der Waals surface area contributed by atoms with Gasteiger partial charge in [-0.1, -0.05) is 12.1 Å². The van der Waals surface area contributed by atoms with Crippen LogP contribution in [0.5, 0.6) is 0 Å². The molecule has 0 aliphatic carbocycles. The number of hydrogen-bond donors (Lipinski definition) is 2. The molecule has 1 rings (SSSR count). The van der Waals surface area contributed by atoms with Crippen LogP contribution >= 0.6 is 0 Å². The number of anilines is 1. The van der Waals surface area contributed by atoms with Gasteiger partial charge in [-0.2, -0.15) is 5.26 Å². The molecule has 0 bridgehead atoms. The number of carboxylic acids is 1. The van der Waals surface area contributed by atoms with Crippen LogP contribution in [0.4, 0.5) is 5.69 Å². The molecule has 4 heteroatoms. The highest BCUT2D eigenvalue weighted by molar-refractivity contribution is 5.66. The Bertz CT molecular complexity index is 408. The third kappa shape index (κ3) is 2.99. The van der Waals surface area contributed by atoms with Gasteiger partial charge in [0.2, 0.25) is 0 Å². The Morgan fingerprint density at radius 3 is 2.87 bits per heavy atom. The summed E-state index contributed by atoms with van der Waals surface area (Å²) in [5.41, 5.74) is 7.35. The maximum absolute atomic E-state index is 10.3. The summed E-state index contributed by atoms with van der Waals surface area (Å²) in [5, 5.41) is 17.3. The number of carbonyl (C=O) groups is 1. The standard InChI is InChI=1S/C11H12N2O2/c12-7-9-8(3-1-5-10(9)13)4-2-6-11(14)15/h1,3,5H,2,4,6,13H2,(H,14,15). The van der Waals surface area contributed by atoms with E-state index in [0.717, 1.165) is 5.56 Å². The van der Waals surface area contributed by atoms with Crippen LogP contribution in [0.3, 0.4) is 0 Å². The van der Waals surface area contributed by atoms with Crippen molar-refractivity contribution in [3.05, 3.63) is 29.3 Å². The number of rotatable bonds is 4. The van der Waals surface area contributed by atoms with Gasteiger partial charge < -0.3 is 10.8 Å². The van der Waals surface area contributed by atoms with Crippen molar-refractivity contribution in [2.45, 2.75) is 19.3 Å². The quantitative estimate of drug-likeness (QED) is 0.728. The molecule has 0 aliphatic rings. The monoisotopic (exact) mass is 204 g/mol. The molecular formula is C11H12N2O2. The lowest BCUT2D eigenvalue weighted by molar-refractivity contribution is -0.137. The molecule has 0 heterocycles. The summed E-state index contributed by atoms with van der Waals surface area (Å²) < 4.78 is 0. The first-order valence-corrected chi connectivity index (χ1v) is 4.64. The minimum Gasteiger partial charge on any atom is -0.481 e. The highest BCUT2D eigenvalue weighted by atomic mass is 16.4. The summed E-state index contributed by atoms with van der Waals surface area (Å²) in [6, 6.07) is 7.27.